The zero-order valence-corrected chi connectivity index (χ0v) is 83.2. The number of hydrogen-bond donors (Lipinski definition) is 1. The number of anilines is 1. The lowest BCUT2D eigenvalue weighted by molar-refractivity contribution is -0.136. The number of halogens is 3. The van der Waals surface area contributed by atoms with Gasteiger partial charge < -0.3 is 52.4 Å². The van der Waals surface area contributed by atoms with Gasteiger partial charge in [-0.05, 0) is 140 Å². The van der Waals surface area contributed by atoms with Crippen molar-refractivity contribution in [2.45, 2.75) is 130 Å². The van der Waals surface area contributed by atoms with Gasteiger partial charge >= 0.3 is 0 Å². The summed E-state index contributed by atoms with van der Waals surface area (Å²) in [6.07, 6.45) is 10.9. The molecule has 5 aliphatic rings. The van der Waals surface area contributed by atoms with E-state index in [1.165, 1.54) is 57.2 Å². The molecule has 20 rings (SSSR count). The first-order chi connectivity index (χ1) is 68.2. The van der Waals surface area contributed by atoms with Crippen LogP contribution in [0.1, 0.15) is 171 Å². The second-order valence-electron chi connectivity index (χ2n) is 34.2. The molecule has 5 fully saturated rings. The highest BCUT2D eigenvalue weighted by Crippen LogP contribution is 2.36. The Kier molecular flexibility index (Phi) is 39.5. The highest BCUT2D eigenvalue weighted by Gasteiger charge is 2.31. The Hall–Kier alpha value is -13.4. The van der Waals surface area contributed by atoms with E-state index in [0.29, 0.717) is 108 Å². The summed E-state index contributed by atoms with van der Waals surface area (Å²) in [5.41, 5.74) is 15.0. The van der Waals surface area contributed by atoms with Crippen LogP contribution in [0.25, 0.3) is 61.8 Å². The third kappa shape index (κ3) is 29.2. The molecule has 15 aromatic rings. The first-order valence-corrected chi connectivity index (χ1v) is 48.1. The van der Waals surface area contributed by atoms with Gasteiger partial charge in [0.2, 0.25) is 52.3 Å². The van der Waals surface area contributed by atoms with Crippen molar-refractivity contribution in [1.82, 2.24) is 89.5 Å². The van der Waals surface area contributed by atoms with Crippen molar-refractivity contribution >= 4 is 57.5 Å². The first kappa shape index (κ1) is 106. The monoisotopic (exact) mass is 2020 g/mol. The molecule has 738 valence electrons. The van der Waals surface area contributed by atoms with E-state index in [1.807, 2.05) is 108 Å². The van der Waals surface area contributed by atoms with E-state index >= 15 is 0 Å². The standard InChI is InChI=1S/C23H23N7O3.C22H25N3O2.C20H22N2O.C19H20BrNO2.C14H17N3O2.C9H7ClN4O.CH4.ClH/c1-15-26-22(28-33-15)17-5-3-16(4-6-17)20-8-10-30(11-12-32-20)23-27-19(13-21(31)29(23)2)18-7-9-24-14-25-18;1-16(18-6-4-3-5-7-18)25-13-12-21(26-15-14-25)19-8-10-20(11-9-19)22-23-17(2)27-24-22;1-16(17-6-4-3-5-7-17)22-13-12-20(23-15-14-22)18-8-10-19(21-2)11-9-18;1-14(15-5-3-2-4-6-15)21-12-11-18(23-13-19(21)22)16-7-9-17(20)10-8-16;1-10-16-14(17-19-10)12-4-2-11(3-5-12)13-6-7-15-8-9-18-13;1-14-8(15)4-7(13-9(14)10)6-2-3-11-5-12-6;;/h3-7,9,13-14,20H,8,10-12H2,1-2H3;3-11,16,21H,12-15H2,1-2H3;3-11,16,20H,12-15H2,1H3;2-10,14,18H,11-13H2,1H3;2-5,13,15H,6-9H2,1H3;2-5H,1H3;1H4;1H/t;16-,21?;16-,20?;14-,18?;;;;/m.111..../s1. The van der Waals surface area contributed by atoms with Crippen LogP contribution < -0.4 is 21.3 Å². The van der Waals surface area contributed by atoms with Crippen molar-refractivity contribution in [1.29, 1.82) is 0 Å². The molecule has 5 aliphatic heterocycles. The maximum absolute atomic E-state index is 12.6. The molecule has 8 atom stereocenters. The topological polar surface area (TPSA) is 331 Å². The molecule has 0 radical (unpaired) electrons. The Balaban J connectivity index is 0.000000145. The van der Waals surface area contributed by atoms with Crippen molar-refractivity contribution < 1.29 is 42.0 Å². The van der Waals surface area contributed by atoms with Gasteiger partial charge in [0.25, 0.3) is 11.1 Å². The molecule has 1 N–H and O–H groups in total. The van der Waals surface area contributed by atoms with Gasteiger partial charge in [-0.25, -0.2) is 34.7 Å². The smallest absolute Gasteiger partial charge is 0.255 e. The molecule has 8 aromatic carbocycles. The third-order valence-corrected chi connectivity index (χ3v) is 25.9. The lowest BCUT2D eigenvalue weighted by atomic mass is 10.0. The van der Waals surface area contributed by atoms with Gasteiger partial charge in [-0.2, -0.15) is 15.0 Å². The van der Waals surface area contributed by atoms with Gasteiger partial charge in [0, 0.05) is 145 Å². The summed E-state index contributed by atoms with van der Waals surface area (Å²) in [5.74, 6) is 4.18. The lowest BCUT2D eigenvalue weighted by Gasteiger charge is -2.28. The molecule has 5 unspecified atom stereocenters. The molecule has 0 saturated carbocycles. The number of rotatable bonds is 17. The van der Waals surface area contributed by atoms with Crippen molar-refractivity contribution in [2.75, 3.05) is 96.8 Å². The zero-order valence-electron chi connectivity index (χ0n) is 80.0. The minimum atomic E-state index is -0.219. The predicted octanol–water partition coefficient (Wildman–Crippen LogP) is 20.4. The molecule has 5 saturated heterocycles. The predicted molar refractivity (Wildman–Crippen MR) is 551 cm³/mol. The van der Waals surface area contributed by atoms with Gasteiger partial charge in [0.15, 0.2) is 5.69 Å². The summed E-state index contributed by atoms with van der Waals surface area (Å²) in [7, 11) is 3.29. The van der Waals surface area contributed by atoms with E-state index in [4.69, 9.17) is 60.4 Å². The Morgan fingerprint density at radius 1 is 0.423 bits per heavy atom. The summed E-state index contributed by atoms with van der Waals surface area (Å²) >= 11 is 9.22. The van der Waals surface area contributed by atoms with Gasteiger partial charge in [-0.15, -0.1) is 12.4 Å². The van der Waals surface area contributed by atoms with Crippen LogP contribution in [0.15, 0.2) is 289 Å². The van der Waals surface area contributed by atoms with Crippen LogP contribution in [-0.4, -0.2) is 182 Å². The second kappa shape index (κ2) is 52.9. The molecule has 7 aromatic heterocycles. The number of carbonyl (C=O) groups excluding carboxylic acids is 1. The average molecular weight is 2020 g/mol. The van der Waals surface area contributed by atoms with Crippen LogP contribution in [0.3, 0.4) is 0 Å². The van der Waals surface area contributed by atoms with Crippen LogP contribution >= 0.6 is 39.9 Å². The largest absolute Gasteiger partial charge is 0.372 e. The molecule has 31 nitrogen and oxygen atoms in total. The van der Waals surface area contributed by atoms with Gasteiger partial charge in [-0.3, -0.25) is 33.3 Å². The van der Waals surface area contributed by atoms with Crippen LogP contribution in [0, 0.1) is 27.3 Å². The Morgan fingerprint density at radius 3 is 1.23 bits per heavy atom. The van der Waals surface area contributed by atoms with Crippen LogP contribution in [-0.2, 0) is 42.6 Å². The van der Waals surface area contributed by atoms with E-state index in [1.54, 1.807) is 64.0 Å². The van der Waals surface area contributed by atoms with E-state index < -0.39 is 0 Å². The fraction of sp³-hybridized carbons (Fsp3) is 0.333. The van der Waals surface area contributed by atoms with Crippen molar-refractivity contribution in [3.05, 3.63) is 366 Å². The van der Waals surface area contributed by atoms with Gasteiger partial charge in [-0.1, -0.05) is 239 Å². The van der Waals surface area contributed by atoms with Gasteiger partial charge in [0.1, 0.15) is 19.3 Å². The molecular weight excluding hydrogens is 1900 g/mol. The lowest BCUT2D eigenvalue weighted by Crippen LogP contribution is -2.34. The van der Waals surface area contributed by atoms with Crippen LogP contribution in [0.5, 0.6) is 0 Å². The van der Waals surface area contributed by atoms with Crippen molar-refractivity contribution in [3.63, 3.8) is 0 Å². The highest BCUT2D eigenvalue weighted by molar-refractivity contribution is 9.10. The minimum Gasteiger partial charge on any atom is -0.372 e. The molecule has 1 amide bonds. The van der Waals surface area contributed by atoms with E-state index in [-0.39, 0.29) is 85.3 Å². The van der Waals surface area contributed by atoms with E-state index in [2.05, 4.69) is 226 Å². The number of hydrogen-bond acceptors (Lipinski definition) is 27. The minimum absolute atomic E-state index is 0. The number of carbonyl (C=O) groups is 1. The van der Waals surface area contributed by atoms with Crippen molar-refractivity contribution in [3.8, 4) is 56.9 Å². The molecule has 0 bridgehead atoms. The number of nitrogens with zero attached hydrogens (tertiary/aromatic N) is 19. The summed E-state index contributed by atoms with van der Waals surface area (Å²) in [5, 5.41) is 15.3. The zero-order chi connectivity index (χ0) is 97.6. The number of nitrogens with one attached hydrogen (secondary N) is 1. The number of amides is 1. The first-order valence-electron chi connectivity index (χ1n) is 47.0. The Morgan fingerprint density at radius 2 is 0.810 bits per heavy atom. The second-order valence-corrected chi connectivity index (χ2v) is 35.5. The fourth-order valence-corrected chi connectivity index (χ4v) is 17.4. The number of aryl methyl sites for hydroxylation is 3. The summed E-state index contributed by atoms with van der Waals surface area (Å²) < 4.78 is 49.0. The number of ether oxygens (including phenoxy) is 5. The van der Waals surface area contributed by atoms with E-state index in [9.17, 15) is 14.4 Å². The highest BCUT2D eigenvalue weighted by atomic mass is 79.9. The van der Waals surface area contributed by atoms with Crippen molar-refractivity contribution in [2.24, 2.45) is 14.1 Å². The van der Waals surface area contributed by atoms with Crippen LogP contribution in [0.2, 0.25) is 5.28 Å². The molecule has 0 spiro atoms. The average Bonchev–Trinajstić information content (AvgIpc) is 0.847. The Labute approximate surface area is 846 Å². The fourth-order valence-electron chi connectivity index (χ4n) is 17.0. The molecule has 12 heterocycles. The molecule has 0 aliphatic carbocycles. The SMILES string of the molecule is C.C[C@H](c1ccccc1)N1CCC(c2ccc(Br)cc2)OCC1=O.Cc1nc(-c2ccc(C3CCN([C@H](C)c4ccccc4)CCO3)cc2)no1.Cc1nc(-c2ccc(C3CCN(c4nc(-c5ccncn5)cc(=O)n4C)CCO3)cc2)no1.Cc1nc(-c2ccc(C3CCNCCO3)cc2)no1.Cl.Cn1c(Cl)nc(-c2ccncn2)cc1=O.[C-]#[N+]c1ccc(C2CCN([C@H](C)c3ccccc3)CCO2)cc1. The third-order valence-electron chi connectivity index (χ3n) is 25.0. The normalized spacial score (nSPS) is 17.9. The molecular formula is C108H119BrCl2N20O11. The number of benzene rings is 8. The quantitative estimate of drug-likeness (QED) is 0.0653. The van der Waals surface area contributed by atoms with Crippen LogP contribution in [0.4, 0.5) is 11.6 Å². The summed E-state index contributed by atoms with van der Waals surface area (Å²) in [4.78, 5) is 86.4. The number of aromatic nitrogens is 14. The maximum Gasteiger partial charge on any atom is 0.255 e. The molecule has 34 heteroatoms. The summed E-state index contributed by atoms with van der Waals surface area (Å²) in [6, 6.07) is 79.1. The van der Waals surface area contributed by atoms with Gasteiger partial charge in [0.05, 0.1) is 92.3 Å². The Bertz CT molecular complexity index is 6570. The maximum atomic E-state index is 12.6. The van der Waals surface area contributed by atoms with E-state index in [0.717, 1.165) is 129 Å². The molecule has 142 heavy (non-hydrogen) atoms. The summed E-state index contributed by atoms with van der Waals surface area (Å²) in [6.45, 7) is 29.8.